The van der Waals surface area contributed by atoms with Crippen molar-refractivity contribution in [1.82, 2.24) is 9.80 Å². The first-order valence-electron chi connectivity index (χ1n) is 11.8. The summed E-state index contributed by atoms with van der Waals surface area (Å²) in [6.45, 7) is 2.10. The molecule has 0 aromatic heterocycles. The molecule has 35 heavy (non-hydrogen) atoms. The van der Waals surface area contributed by atoms with Crippen LogP contribution in [0.5, 0.6) is 0 Å². The highest BCUT2D eigenvalue weighted by molar-refractivity contribution is 5.98. The molecule has 0 unspecified atom stereocenters. The molecule has 3 aromatic carbocycles. The molecule has 0 aliphatic carbocycles. The summed E-state index contributed by atoms with van der Waals surface area (Å²) >= 11 is 0. The van der Waals surface area contributed by atoms with Crippen LogP contribution in [0, 0.1) is 0 Å². The Hall–Kier alpha value is -4.13. The van der Waals surface area contributed by atoms with E-state index in [1.807, 2.05) is 41.3 Å². The Balaban J connectivity index is 1.31. The molecule has 3 aromatic rings. The van der Waals surface area contributed by atoms with Crippen molar-refractivity contribution in [2.75, 3.05) is 37.3 Å². The zero-order valence-corrected chi connectivity index (χ0v) is 19.9. The van der Waals surface area contributed by atoms with Crippen molar-refractivity contribution in [3.05, 3.63) is 95.6 Å². The van der Waals surface area contributed by atoms with Crippen LogP contribution in [-0.2, 0) is 11.3 Å². The Bertz CT molecular complexity index is 1190. The first-order chi connectivity index (χ1) is 17.0. The third-order valence-electron chi connectivity index (χ3n) is 5.96. The van der Waals surface area contributed by atoms with Crippen molar-refractivity contribution in [2.45, 2.75) is 19.4 Å². The molecule has 0 bridgehead atoms. The number of likely N-dealkylation sites (tertiary alicyclic amines) is 1. The van der Waals surface area contributed by atoms with Crippen molar-refractivity contribution in [3.8, 4) is 0 Å². The second-order valence-electron chi connectivity index (χ2n) is 8.71. The van der Waals surface area contributed by atoms with Gasteiger partial charge in [0, 0.05) is 49.2 Å². The van der Waals surface area contributed by atoms with E-state index >= 15 is 0 Å². The number of carbonyl (C=O) groups excluding carboxylic acids is 3. The van der Waals surface area contributed by atoms with Gasteiger partial charge in [0.1, 0.15) is 0 Å². The Morgan fingerprint density at radius 2 is 1.49 bits per heavy atom. The summed E-state index contributed by atoms with van der Waals surface area (Å²) in [5, 5.41) is 5.91. The van der Waals surface area contributed by atoms with Gasteiger partial charge in [0.25, 0.3) is 11.8 Å². The van der Waals surface area contributed by atoms with Crippen molar-refractivity contribution in [2.24, 2.45) is 0 Å². The zero-order valence-electron chi connectivity index (χ0n) is 19.9. The maximum atomic E-state index is 12.9. The fourth-order valence-corrected chi connectivity index (χ4v) is 4.13. The monoisotopic (exact) mass is 470 g/mol. The molecule has 1 heterocycles. The number of hydrogen-bond donors (Lipinski definition) is 2. The van der Waals surface area contributed by atoms with Crippen LogP contribution in [0.2, 0.25) is 0 Å². The molecule has 180 valence electrons. The van der Waals surface area contributed by atoms with Gasteiger partial charge >= 0.3 is 0 Å². The lowest BCUT2D eigenvalue weighted by molar-refractivity contribution is -0.114. The number of hydrogen-bond acceptors (Lipinski definition) is 4. The fraction of sp³-hybridized carbons (Fsp3) is 0.250. The van der Waals surface area contributed by atoms with E-state index in [9.17, 15) is 14.4 Å². The van der Waals surface area contributed by atoms with Gasteiger partial charge in [-0.05, 0) is 54.8 Å². The Labute approximate surface area is 205 Å². The minimum absolute atomic E-state index is 0.00422. The summed E-state index contributed by atoms with van der Waals surface area (Å²) in [5.41, 5.74) is 3.43. The van der Waals surface area contributed by atoms with Gasteiger partial charge in [-0.3, -0.25) is 14.4 Å². The minimum atomic E-state index is -0.242. The number of amides is 3. The lowest BCUT2D eigenvalue weighted by Crippen LogP contribution is -2.28. The summed E-state index contributed by atoms with van der Waals surface area (Å²) in [4.78, 5) is 41.5. The standard InChI is InChI=1S/C28H30N4O3/c1-31(20-21-9-3-2-4-10-21)27(34)22-11-7-13-24(17-22)29-19-26(33)30-25-14-8-12-23(18-25)28(35)32-15-5-6-16-32/h2-4,7-14,17-18,29H,5-6,15-16,19-20H2,1H3,(H,30,33). The summed E-state index contributed by atoms with van der Waals surface area (Å²) in [7, 11) is 1.77. The van der Waals surface area contributed by atoms with E-state index in [1.165, 1.54) is 0 Å². The van der Waals surface area contributed by atoms with Gasteiger partial charge in [-0.1, -0.05) is 42.5 Å². The van der Waals surface area contributed by atoms with Crippen LogP contribution in [0.1, 0.15) is 39.1 Å². The van der Waals surface area contributed by atoms with Gasteiger partial charge < -0.3 is 20.4 Å². The minimum Gasteiger partial charge on any atom is -0.376 e. The van der Waals surface area contributed by atoms with E-state index in [4.69, 9.17) is 0 Å². The predicted octanol–water partition coefficient (Wildman–Crippen LogP) is 4.25. The van der Waals surface area contributed by atoms with Gasteiger partial charge in [-0.15, -0.1) is 0 Å². The Kier molecular flexibility index (Phi) is 7.77. The molecule has 1 aliphatic heterocycles. The fourth-order valence-electron chi connectivity index (χ4n) is 4.13. The highest BCUT2D eigenvalue weighted by Gasteiger charge is 2.19. The highest BCUT2D eigenvalue weighted by atomic mass is 16.2. The number of nitrogens with zero attached hydrogens (tertiary/aromatic N) is 2. The van der Waals surface area contributed by atoms with E-state index in [0.29, 0.717) is 29.0 Å². The number of anilines is 2. The third kappa shape index (κ3) is 6.47. The average molecular weight is 471 g/mol. The molecule has 7 heteroatoms. The normalized spacial score (nSPS) is 12.8. The highest BCUT2D eigenvalue weighted by Crippen LogP contribution is 2.17. The largest absolute Gasteiger partial charge is 0.376 e. The quantitative estimate of drug-likeness (QED) is 0.516. The SMILES string of the molecule is CN(Cc1ccccc1)C(=O)c1cccc(NCC(=O)Nc2cccc(C(=O)N3CCCC3)c2)c1. The van der Waals surface area contributed by atoms with Crippen LogP contribution in [-0.4, -0.2) is 54.2 Å². The van der Waals surface area contributed by atoms with Crippen LogP contribution >= 0.6 is 0 Å². The maximum absolute atomic E-state index is 12.9. The molecule has 3 amide bonds. The summed E-state index contributed by atoms with van der Waals surface area (Å²) in [5.74, 6) is -0.342. The maximum Gasteiger partial charge on any atom is 0.253 e. The van der Waals surface area contributed by atoms with Crippen molar-refractivity contribution < 1.29 is 14.4 Å². The molecule has 1 aliphatic rings. The smallest absolute Gasteiger partial charge is 0.253 e. The van der Waals surface area contributed by atoms with Gasteiger partial charge in [-0.25, -0.2) is 0 Å². The lowest BCUT2D eigenvalue weighted by atomic mass is 10.1. The van der Waals surface area contributed by atoms with Crippen LogP contribution in [0.3, 0.4) is 0 Å². The molecule has 7 nitrogen and oxygen atoms in total. The molecule has 0 saturated carbocycles. The lowest BCUT2D eigenvalue weighted by Gasteiger charge is -2.18. The van der Waals surface area contributed by atoms with E-state index in [1.54, 1.807) is 54.4 Å². The van der Waals surface area contributed by atoms with E-state index < -0.39 is 0 Å². The molecule has 2 N–H and O–H groups in total. The van der Waals surface area contributed by atoms with Crippen molar-refractivity contribution >= 4 is 29.1 Å². The number of benzene rings is 3. The first-order valence-corrected chi connectivity index (χ1v) is 11.8. The molecule has 0 atom stereocenters. The first kappa shape index (κ1) is 24.0. The number of rotatable bonds is 8. The topological polar surface area (TPSA) is 81.8 Å². The number of carbonyl (C=O) groups is 3. The third-order valence-corrected chi connectivity index (χ3v) is 5.96. The van der Waals surface area contributed by atoms with Crippen molar-refractivity contribution in [1.29, 1.82) is 0 Å². The molecular weight excluding hydrogens is 440 g/mol. The molecular formula is C28H30N4O3. The van der Waals surface area contributed by atoms with Crippen molar-refractivity contribution in [3.63, 3.8) is 0 Å². The summed E-state index contributed by atoms with van der Waals surface area (Å²) in [6.07, 6.45) is 2.06. The zero-order chi connectivity index (χ0) is 24.6. The van der Waals surface area contributed by atoms with Crippen LogP contribution in [0.4, 0.5) is 11.4 Å². The van der Waals surface area contributed by atoms with E-state index in [0.717, 1.165) is 31.5 Å². The molecule has 4 rings (SSSR count). The van der Waals surface area contributed by atoms with Gasteiger partial charge in [0.05, 0.1) is 6.54 Å². The van der Waals surface area contributed by atoms with E-state index in [-0.39, 0.29) is 24.3 Å². The average Bonchev–Trinajstić information content (AvgIpc) is 3.43. The predicted molar refractivity (Wildman–Crippen MR) is 137 cm³/mol. The van der Waals surface area contributed by atoms with E-state index in [2.05, 4.69) is 10.6 Å². The molecule has 1 saturated heterocycles. The molecule has 0 spiro atoms. The second kappa shape index (κ2) is 11.3. The van der Waals surface area contributed by atoms with Gasteiger partial charge in [0.15, 0.2) is 0 Å². The molecule has 1 fully saturated rings. The van der Waals surface area contributed by atoms with Crippen LogP contribution < -0.4 is 10.6 Å². The molecule has 0 radical (unpaired) electrons. The summed E-state index contributed by atoms with van der Waals surface area (Å²) < 4.78 is 0. The second-order valence-corrected chi connectivity index (χ2v) is 8.71. The van der Waals surface area contributed by atoms with Gasteiger partial charge in [-0.2, -0.15) is 0 Å². The Morgan fingerprint density at radius 1 is 0.829 bits per heavy atom. The summed E-state index contributed by atoms with van der Waals surface area (Å²) in [6, 6.07) is 23.9. The van der Waals surface area contributed by atoms with Crippen LogP contribution in [0.15, 0.2) is 78.9 Å². The number of nitrogens with one attached hydrogen (secondary N) is 2. The Morgan fingerprint density at radius 3 is 2.23 bits per heavy atom. The van der Waals surface area contributed by atoms with Gasteiger partial charge in [0.2, 0.25) is 5.91 Å². The van der Waals surface area contributed by atoms with Crippen LogP contribution in [0.25, 0.3) is 0 Å².